The molecule has 80 valence electrons. The average Bonchev–Trinajstić information content (AvgIpc) is 2.18. The Morgan fingerprint density at radius 2 is 2.21 bits per heavy atom. The Labute approximate surface area is 85.8 Å². The first-order chi connectivity index (χ1) is 6.69. The number of carbonyl (C=O) groups excluding carboxylic acids is 1. The van der Waals surface area contributed by atoms with Gasteiger partial charge in [-0.2, -0.15) is 0 Å². The molecule has 0 spiro atoms. The fraction of sp³-hybridized carbons (Fsp3) is 0.545. The molecule has 0 heterocycles. The Balaban J connectivity index is 4.18. The van der Waals surface area contributed by atoms with Gasteiger partial charge >= 0.3 is 0 Å². The van der Waals surface area contributed by atoms with Crippen LogP contribution in [0.3, 0.4) is 0 Å². The van der Waals surface area contributed by atoms with Crippen LogP contribution in [0.15, 0.2) is 25.3 Å². The molecular weight excluding hydrogens is 178 g/mol. The van der Waals surface area contributed by atoms with E-state index in [0.717, 1.165) is 6.42 Å². The van der Waals surface area contributed by atoms with Crippen LogP contribution in [0.5, 0.6) is 0 Å². The van der Waals surface area contributed by atoms with Crippen molar-refractivity contribution >= 4 is 5.91 Å². The second-order valence-electron chi connectivity index (χ2n) is 3.01. The number of rotatable bonds is 7. The molecule has 0 aliphatic heterocycles. The maximum Gasteiger partial charge on any atom is 0.224 e. The highest BCUT2D eigenvalue weighted by Gasteiger charge is 2.17. The van der Waals surface area contributed by atoms with E-state index in [1.54, 1.807) is 19.3 Å². The third-order valence-corrected chi connectivity index (χ3v) is 2.02. The predicted octanol–water partition coefficient (Wildman–Crippen LogP) is 1.66. The van der Waals surface area contributed by atoms with Gasteiger partial charge in [0.2, 0.25) is 5.91 Å². The Hall–Kier alpha value is -1.09. The number of carbonyl (C=O) groups is 1. The number of amides is 1. The number of methoxy groups -OCH3 is 1. The molecule has 0 radical (unpaired) electrons. The molecular formula is C11H19NO2. The molecule has 0 aromatic rings. The summed E-state index contributed by atoms with van der Waals surface area (Å²) in [5.41, 5.74) is 0. The van der Waals surface area contributed by atoms with Crippen LogP contribution in [0.4, 0.5) is 0 Å². The van der Waals surface area contributed by atoms with Gasteiger partial charge in [0.05, 0.1) is 12.1 Å². The van der Waals surface area contributed by atoms with Crippen molar-refractivity contribution in [1.29, 1.82) is 0 Å². The van der Waals surface area contributed by atoms with E-state index in [9.17, 15) is 4.79 Å². The second-order valence-corrected chi connectivity index (χ2v) is 3.01. The molecule has 3 heteroatoms. The molecule has 0 rings (SSSR count). The lowest BCUT2D eigenvalue weighted by atomic mass is 10.1. The summed E-state index contributed by atoms with van der Waals surface area (Å²) < 4.78 is 5.17. The third kappa shape index (κ3) is 4.23. The van der Waals surface area contributed by atoms with E-state index in [0.29, 0.717) is 6.42 Å². The van der Waals surface area contributed by atoms with Crippen molar-refractivity contribution in [1.82, 2.24) is 5.32 Å². The Bertz CT molecular complexity index is 201. The zero-order chi connectivity index (χ0) is 11.0. The lowest BCUT2D eigenvalue weighted by molar-refractivity contribution is -0.121. The molecule has 0 unspecified atom stereocenters. The quantitative estimate of drug-likeness (QED) is 0.630. The average molecular weight is 197 g/mol. The number of ether oxygens (including phenoxy) is 1. The van der Waals surface area contributed by atoms with E-state index < -0.39 is 0 Å². The Morgan fingerprint density at radius 3 is 2.57 bits per heavy atom. The lowest BCUT2D eigenvalue weighted by Crippen LogP contribution is -2.42. The van der Waals surface area contributed by atoms with Crippen molar-refractivity contribution in [2.24, 2.45) is 0 Å². The van der Waals surface area contributed by atoms with Gasteiger partial charge in [-0.3, -0.25) is 4.79 Å². The molecule has 0 saturated heterocycles. The fourth-order valence-electron chi connectivity index (χ4n) is 1.24. The minimum atomic E-state index is -0.131. The van der Waals surface area contributed by atoms with Crippen LogP contribution in [0, 0.1) is 0 Å². The van der Waals surface area contributed by atoms with Gasteiger partial charge in [-0.05, 0) is 6.42 Å². The molecule has 0 fully saturated rings. The van der Waals surface area contributed by atoms with Gasteiger partial charge in [0, 0.05) is 13.5 Å². The molecule has 0 aromatic heterocycles. The predicted molar refractivity (Wildman–Crippen MR) is 58.0 cm³/mol. The summed E-state index contributed by atoms with van der Waals surface area (Å²) in [7, 11) is 1.61. The highest BCUT2D eigenvalue weighted by molar-refractivity contribution is 5.77. The summed E-state index contributed by atoms with van der Waals surface area (Å²) in [6.45, 7) is 9.16. The van der Waals surface area contributed by atoms with Crippen LogP contribution in [-0.2, 0) is 9.53 Å². The SMILES string of the molecule is C=CCC(=O)N[C@H](CC)[C@H](C=C)OC. The monoisotopic (exact) mass is 197 g/mol. The molecule has 14 heavy (non-hydrogen) atoms. The normalized spacial score (nSPS) is 14.1. The molecule has 0 saturated carbocycles. The molecule has 0 bridgehead atoms. The van der Waals surface area contributed by atoms with Crippen molar-refractivity contribution in [2.75, 3.05) is 7.11 Å². The zero-order valence-corrected chi connectivity index (χ0v) is 8.95. The number of hydrogen-bond acceptors (Lipinski definition) is 2. The van der Waals surface area contributed by atoms with Gasteiger partial charge in [0.15, 0.2) is 0 Å². The highest BCUT2D eigenvalue weighted by Crippen LogP contribution is 2.04. The molecule has 1 N–H and O–H groups in total. The van der Waals surface area contributed by atoms with Crippen LogP contribution in [0.25, 0.3) is 0 Å². The summed E-state index contributed by atoms with van der Waals surface area (Å²) in [5.74, 6) is -0.0317. The first-order valence-corrected chi connectivity index (χ1v) is 4.75. The topological polar surface area (TPSA) is 38.3 Å². The third-order valence-electron chi connectivity index (χ3n) is 2.02. The maximum atomic E-state index is 11.3. The van der Waals surface area contributed by atoms with E-state index in [-0.39, 0.29) is 18.1 Å². The van der Waals surface area contributed by atoms with E-state index in [1.165, 1.54) is 0 Å². The Morgan fingerprint density at radius 1 is 1.57 bits per heavy atom. The van der Waals surface area contributed by atoms with Gasteiger partial charge in [-0.15, -0.1) is 13.2 Å². The Kier molecular flexibility index (Phi) is 6.76. The molecule has 2 atom stereocenters. The number of hydrogen-bond donors (Lipinski definition) is 1. The second kappa shape index (κ2) is 7.33. The minimum Gasteiger partial charge on any atom is -0.375 e. The van der Waals surface area contributed by atoms with Gasteiger partial charge in [0.25, 0.3) is 0 Å². The molecule has 0 aliphatic rings. The summed E-state index contributed by atoms with van der Waals surface area (Å²) >= 11 is 0. The molecule has 0 aromatic carbocycles. The summed E-state index contributed by atoms with van der Waals surface area (Å²) in [4.78, 5) is 11.3. The van der Waals surface area contributed by atoms with E-state index in [1.807, 2.05) is 6.92 Å². The van der Waals surface area contributed by atoms with Crippen LogP contribution in [-0.4, -0.2) is 25.2 Å². The smallest absolute Gasteiger partial charge is 0.224 e. The molecule has 1 amide bonds. The number of nitrogens with one attached hydrogen (secondary N) is 1. The summed E-state index contributed by atoms with van der Waals surface area (Å²) in [5, 5.41) is 2.86. The van der Waals surface area contributed by atoms with E-state index in [2.05, 4.69) is 18.5 Å². The van der Waals surface area contributed by atoms with Crippen molar-refractivity contribution in [3.63, 3.8) is 0 Å². The molecule has 0 aliphatic carbocycles. The van der Waals surface area contributed by atoms with Crippen LogP contribution in [0.1, 0.15) is 19.8 Å². The first-order valence-electron chi connectivity index (χ1n) is 4.75. The van der Waals surface area contributed by atoms with Crippen molar-refractivity contribution in [3.05, 3.63) is 25.3 Å². The minimum absolute atomic E-state index is 0.00931. The largest absolute Gasteiger partial charge is 0.375 e. The van der Waals surface area contributed by atoms with E-state index >= 15 is 0 Å². The van der Waals surface area contributed by atoms with Crippen molar-refractivity contribution < 1.29 is 9.53 Å². The van der Waals surface area contributed by atoms with Gasteiger partial charge in [-0.25, -0.2) is 0 Å². The summed E-state index contributed by atoms with van der Waals surface area (Å²) in [6.07, 6.45) is 4.30. The maximum absolute atomic E-state index is 11.3. The van der Waals surface area contributed by atoms with Gasteiger partial charge < -0.3 is 10.1 Å². The van der Waals surface area contributed by atoms with Crippen LogP contribution < -0.4 is 5.32 Å². The van der Waals surface area contributed by atoms with Crippen LogP contribution in [0.2, 0.25) is 0 Å². The first kappa shape index (κ1) is 12.9. The molecule has 3 nitrogen and oxygen atoms in total. The zero-order valence-electron chi connectivity index (χ0n) is 8.95. The summed E-state index contributed by atoms with van der Waals surface area (Å²) in [6, 6.07) is -0.00931. The highest BCUT2D eigenvalue weighted by atomic mass is 16.5. The van der Waals surface area contributed by atoms with Gasteiger partial charge in [-0.1, -0.05) is 19.1 Å². The van der Waals surface area contributed by atoms with Crippen LogP contribution >= 0.6 is 0 Å². The lowest BCUT2D eigenvalue weighted by Gasteiger charge is -2.23. The van der Waals surface area contributed by atoms with E-state index in [4.69, 9.17) is 4.74 Å². The van der Waals surface area contributed by atoms with Crippen molar-refractivity contribution in [3.8, 4) is 0 Å². The van der Waals surface area contributed by atoms with Crippen molar-refractivity contribution in [2.45, 2.75) is 31.9 Å². The fourth-order valence-corrected chi connectivity index (χ4v) is 1.24. The van der Waals surface area contributed by atoms with Gasteiger partial charge in [0.1, 0.15) is 0 Å². The standard InChI is InChI=1S/C11H19NO2/c1-5-8-11(13)12-9(6-2)10(7-3)14-4/h5,7,9-10H,1,3,6,8H2,2,4H3,(H,12,13)/t9-,10+/m1/s1.